The summed E-state index contributed by atoms with van der Waals surface area (Å²) in [5.41, 5.74) is 1.48. The number of carboxylic acid groups (broad SMARTS) is 1. The van der Waals surface area contributed by atoms with Crippen molar-refractivity contribution < 1.29 is 15.0 Å². The van der Waals surface area contributed by atoms with Gasteiger partial charge in [-0.3, -0.25) is 14.7 Å². The number of rotatable bonds is 7. The predicted octanol–water partition coefficient (Wildman–Crippen LogP) is 3.61. The quantitative estimate of drug-likeness (QED) is 0.780. The van der Waals surface area contributed by atoms with Crippen molar-refractivity contribution >= 4 is 29.2 Å². The largest absolute Gasteiger partial charge is 0.508 e. The number of benzene rings is 1. The normalized spacial score (nSPS) is 12.3. The molecule has 0 saturated carbocycles. The molecule has 0 saturated heterocycles. The van der Waals surface area contributed by atoms with E-state index < -0.39 is 12.0 Å². The van der Waals surface area contributed by atoms with Gasteiger partial charge in [-0.05, 0) is 30.7 Å². The number of pyridine rings is 1. The van der Waals surface area contributed by atoms with Gasteiger partial charge in [0, 0.05) is 24.5 Å². The summed E-state index contributed by atoms with van der Waals surface area (Å²) >= 11 is 12.3. The highest BCUT2D eigenvalue weighted by molar-refractivity contribution is 6.35. The molecule has 0 aliphatic rings. The van der Waals surface area contributed by atoms with Crippen LogP contribution in [-0.4, -0.2) is 38.7 Å². The minimum absolute atomic E-state index is 0.147. The number of halogens is 2. The van der Waals surface area contributed by atoms with Crippen LogP contribution in [0.15, 0.2) is 36.7 Å². The van der Waals surface area contributed by atoms with Crippen molar-refractivity contribution in [3.8, 4) is 5.75 Å². The molecule has 0 fully saturated rings. The summed E-state index contributed by atoms with van der Waals surface area (Å²) in [6.07, 6.45) is 3.29. The van der Waals surface area contributed by atoms with Crippen LogP contribution in [0.2, 0.25) is 10.0 Å². The molecule has 0 aliphatic carbocycles. The van der Waals surface area contributed by atoms with Crippen LogP contribution in [0.4, 0.5) is 0 Å². The number of aromatic hydroxyl groups is 1. The maximum atomic E-state index is 11.8. The van der Waals surface area contributed by atoms with Crippen molar-refractivity contribution in [1.29, 1.82) is 0 Å². The first-order valence-electron chi connectivity index (χ1n) is 7.45. The Bertz CT molecular complexity index is 687. The fraction of sp³-hybridized carbons (Fsp3) is 0.294. The van der Waals surface area contributed by atoms with Gasteiger partial charge in [0.2, 0.25) is 0 Å². The Morgan fingerprint density at radius 1 is 1.21 bits per heavy atom. The van der Waals surface area contributed by atoms with E-state index in [1.165, 1.54) is 12.4 Å². The highest BCUT2D eigenvalue weighted by atomic mass is 35.5. The van der Waals surface area contributed by atoms with E-state index in [2.05, 4.69) is 4.98 Å². The van der Waals surface area contributed by atoms with Gasteiger partial charge in [-0.25, -0.2) is 0 Å². The minimum atomic E-state index is -0.925. The smallest absolute Gasteiger partial charge is 0.321 e. The fourth-order valence-corrected chi connectivity index (χ4v) is 2.95. The molecule has 2 rings (SSSR count). The van der Waals surface area contributed by atoms with Crippen molar-refractivity contribution in [2.45, 2.75) is 25.9 Å². The number of phenols is 1. The summed E-state index contributed by atoms with van der Waals surface area (Å²) < 4.78 is 0. The first-order chi connectivity index (χ1) is 11.4. The van der Waals surface area contributed by atoms with E-state index in [9.17, 15) is 15.0 Å². The third-order valence-corrected chi connectivity index (χ3v) is 4.46. The zero-order valence-electron chi connectivity index (χ0n) is 13.1. The van der Waals surface area contributed by atoms with E-state index in [4.69, 9.17) is 23.2 Å². The van der Waals surface area contributed by atoms with Crippen molar-refractivity contribution in [2.75, 3.05) is 6.54 Å². The van der Waals surface area contributed by atoms with Crippen LogP contribution in [0, 0.1) is 0 Å². The highest BCUT2D eigenvalue weighted by Gasteiger charge is 2.26. The molecule has 7 heteroatoms. The Labute approximate surface area is 150 Å². The number of aliphatic carboxylic acids is 1. The average molecular weight is 369 g/mol. The fourth-order valence-electron chi connectivity index (χ4n) is 2.46. The summed E-state index contributed by atoms with van der Waals surface area (Å²) in [6, 6.07) is 5.78. The third-order valence-electron chi connectivity index (χ3n) is 3.81. The molecule has 0 bridgehead atoms. The molecule has 0 radical (unpaired) electrons. The Balaban J connectivity index is 2.23. The Hall–Kier alpha value is -1.82. The highest BCUT2D eigenvalue weighted by Crippen LogP contribution is 2.26. The van der Waals surface area contributed by atoms with Gasteiger partial charge < -0.3 is 10.2 Å². The van der Waals surface area contributed by atoms with E-state index in [0.717, 1.165) is 5.56 Å². The topological polar surface area (TPSA) is 73.7 Å². The number of carboxylic acids is 1. The lowest BCUT2D eigenvalue weighted by atomic mass is 10.0. The van der Waals surface area contributed by atoms with Gasteiger partial charge in [-0.1, -0.05) is 42.3 Å². The zero-order valence-corrected chi connectivity index (χ0v) is 14.6. The first-order valence-corrected chi connectivity index (χ1v) is 8.20. The van der Waals surface area contributed by atoms with Gasteiger partial charge in [-0.15, -0.1) is 0 Å². The lowest BCUT2D eigenvalue weighted by molar-refractivity contribution is -0.143. The molecule has 1 heterocycles. The second-order valence-corrected chi connectivity index (χ2v) is 6.18. The summed E-state index contributed by atoms with van der Waals surface area (Å²) in [4.78, 5) is 17.5. The van der Waals surface area contributed by atoms with Gasteiger partial charge in [0.1, 0.15) is 11.8 Å². The van der Waals surface area contributed by atoms with Gasteiger partial charge in [-0.2, -0.15) is 0 Å². The van der Waals surface area contributed by atoms with Gasteiger partial charge in [0.15, 0.2) is 0 Å². The Morgan fingerprint density at radius 2 is 1.79 bits per heavy atom. The van der Waals surface area contributed by atoms with E-state index in [1.54, 1.807) is 29.2 Å². The first kappa shape index (κ1) is 18.5. The summed E-state index contributed by atoms with van der Waals surface area (Å²) in [7, 11) is 0. The maximum Gasteiger partial charge on any atom is 0.321 e. The van der Waals surface area contributed by atoms with Crippen LogP contribution in [0.1, 0.15) is 18.1 Å². The van der Waals surface area contributed by atoms with Crippen molar-refractivity contribution in [1.82, 2.24) is 9.88 Å². The van der Waals surface area contributed by atoms with E-state index >= 15 is 0 Å². The van der Waals surface area contributed by atoms with Crippen molar-refractivity contribution in [2.24, 2.45) is 0 Å². The molecule has 0 unspecified atom stereocenters. The molecule has 2 N–H and O–H groups in total. The summed E-state index contributed by atoms with van der Waals surface area (Å²) in [6.45, 7) is 2.71. The molecule has 128 valence electrons. The standard InChI is InChI=1S/C17H18Cl2N2O3/c1-2-21(10-13-14(18)8-20-9-15(13)19)16(17(23)24)7-11-3-5-12(22)6-4-11/h3-6,8-9,16,22H,2,7,10H2,1H3,(H,23,24)/t16-/m0/s1. The molecular formula is C17H18Cl2N2O3. The van der Waals surface area contributed by atoms with Crippen LogP contribution < -0.4 is 0 Å². The molecular weight excluding hydrogens is 351 g/mol. The van der Waals surface area contributed by atoms with Crippen LogP contribution in [0.3, 0.4) is 0 Å². The van der Waals surface area contributed by atoms with Gasteiger partial charge >= 0.3 is 5.97 Å². The molecule has 5 nitrogen and oxygen atoms in total. The number of hydrogen-bond donors (Lipinski definition) is 2. The maximum absolute atomic E-state index is 11.8. The third kappa shape index (κ3) is 4.60. The average Bonchev–Trinajstić information content (AvgIpc) is 2.54. The molecule has 1 atom stereocenters. The predicted molar refractivity (Wildman–Crippen MR) is 93.6 cm³/mol. The van der Waals surface area contributed by atoms with Crippen LogP contribution in [0.25, 0.3) is 0 Å². The van der Waals surface area contributed by atoms with Crippen molar-refractivity contribution in [3.05, 3.63) is 57.8 Å². The number of likely N-dealkylation sites (N-methyl/N-ethyl adjacent to an activating group) is 1. The lowest BCUT2D eigenvalue weighted by Crippen LogP contribution is -2.42. The molecule has 0 spiro atoms. The van der Waals surface area contributed by atoms with E-state index in [1.807, 2.05) is 6.92 Å². The van der Waals surface area contributed by atoms with Crippen LogP contribution in [0.5, 0.6) is 5.75 Å². The second kappa shape index (κ2) is 8.33. The number of aromatic nitrogens is 1. The number of hydrogen-bond acceptors (Lipinski definition) is 4. The minimum Gasteiger partial charge on any atom is -0.508 e. The monoisotopic (exact) mass is 368 g/mol. The molecule has 0 amide bonds. The molecule has 1 aromatic carbocycles. The molecule has 1 aromatic heterocycles. The number of nitrogens with zero attached hydrogens (tertiary/aromatic N) is 2. The Kier molecular flexibility index (Phi) is 6.43. The van der Waals surface area contributed by atoms with Crippen LogP contribution >= 0.6 is 23.2 Å². The number of phenolic OH excluding ortho intramolecular Hbond substituents is 1. The number of carbonyl (C=O) groups is 1. The lowest BCUT2D eigenvalue weighted by Gasteiger charge is -2.28. The SMILES string of the molecule is CCN(Cc1c(Cl)cncc1Cl)[C@@H](Cc1ccc(O)cc1)C(=O)O. The van der Waals surface area contributed by atoms with Crippen molar-refractivity contribution in [3.63, 3.8) is 0 Å². The summed E-state index contributed by atoms with van der Waals surface area (Å²) in [5, 5.41) is 19.8. The van der Waals surface area contributed by atoms with Gasteiger partial charge in [0.05, 0.1) is 10.0 Å². The molecule has 24 heavy (non-hydrogen) atoms. The Morgan fingerprint density at radius 3 is 2.29 bits per heavy atom. The van der Waals surface area contributed by atoms with E-state index in [0.29, 0.717) is 35.1 Å². The van der Waals surface area contributed by atoms with Gasteiger partial charge in [0.25, 0.3) is 0 Å². The molecule has 2 aromatic rings. The summed E-state index contributed by atoms with van der Waals surface area (Å²) in [5.74, 6) is -0.778. The van der Waals surface area contributed by atoms with Crippen LogP contribution in [-0.2, 0) is 17.8 Å². The molecule has 0 aliphatic heterocycles. The second-order valence-electron chi connectivity index (χ2n) is 5.37. The van der Waals surface area contributed by atoms with E-state index in [-0.39, 0.29) is 5.75 Å². The zero-order chi connectivity index (χ0) is 17.7.